The summed E-state index contributed by atoms with van der Waals surface area (Å²) in [5.74, 6) is 1.10. The summed E-state index contributed by atoms with van der Waals surface area (Å²) in [6, 6.07) is 7.34. The number of benzene rings is 1. The molecule has 1 fully saturated rings. The first-order chi connectivity index (χ1) is 11.6. The Hall–Kier alpha value is -2.28. The first kappa shape index (κ1) is 15.3. The summed E-state index contributed by atoms with van der Waals surface area (Å²) in [6.45, 7) is 2.55. The standard InChI is InChI=1S/C17H17N3O3S/c1-10-7-12(19-23-10)14-3-2-6-20(14)17(22)11-4-5-15-13(8-11)18-16(21)9-24-15/h4-5,7-8,14H,2-3,6,9H2,1H3,(H,18,21)/t14-/m0/s1. The van der Waals surface area contributed by atoms with Crippen LogP contribution in [0, 0.1) is 6.92 Å². The fourth-order valence-electron chi connectivity index (χ4n) is 3.24. The predicted molar refractivity (Wildman–Crippen MR) is 90.0 cm³/mol. The lowest BCUT2D eigenvalue weighted by Gasteiger charge is -2.24. The number of aryl methyl sites for hydroxylation is 1. The molecule has 0 aliphatic carbocycles. The molecule has 3 heterocycles. The van der Waals surface area contributed by atoms with Gasteiger partial charge in [0.1, 0.15) is 11.5 Å². The minimum atomic E-state index is -0.0463. The van der Waals surface area contributed by atoms with Crippen LogP contribution in [0.5, 0.6) is 0 Å². The summed E-state index contributed by atoms with van der Waals surface area (Å²) in [4.78, 5) is 27.3. The highest BCUT2D eigenvalue weighted by Gasteiger charge is 2.33. The molecule has 0 bridgehead atoms. The molecule has 7 heteroatoms. The molecule has 2 aliphatic rings. The third kappa shape index (κ3) is 2.69. The number of thioether (sulfide) groups is 1. The number of amides is 2. The fourth-order valence-corrected chi connectivity index (χ4v) is 4.03. The van der Waals surface area contributed by atoms with Gasteiger partial charge in [-0.15, -0.1) is 11.8 Å². The van der Waals surface area contributed by atoms with E-state index in [2.05, 4.69) is 10.5 Å². The molecule has 1 atom stereocenters. The number of hydrogen-bond donors (Lipinski definition) is 1. The van der Waals surface area contributed by atoms with Crippen LogP contribution in [-0.2, 0) is 4.79 Å². The van der Waals surface area contributed by atoms with E-state index in [0.29, 0.717) is 17.9 Å². The lowest BCUT2D eigenvalue weighted by atomic mass is 10.1. The summed E-state index contributed by atoms with van der Waals surface area (Å²) in [5, 5.41) is 6.91. The molecule has 0 saturated carbocycles. The van der Waals surface area contributed by atoms with Gasteiger partial charge in [0.15, 0.2) is 0 Å². The normalized spacial score (nSPS) is 20.0. The summed E-state index contributed by atoms with van der Waals surface area (Å²) in [5.41, 5.74) is 2.11. The van der Waals surface area contributed by atoms with Crippen molar-refractivity contribution in [3.05, 3.63) is 41.3 Å². The molecule has 1 aromatic heterocycles. The molecule has 6 nitrogen and oxygen atoms in total. The molecule has 2 aliphatic heterocycles. The van der Waals surface area contributed by atoms with Gasteiger partial charge in [-0.05, 0) is 38.0 Å². The SMILES string of the molecule is Cc1cc([C@@H]2CCCN2C(=O)c2ccc3c(c2)NC(=O)CS3)no1. The average Bonchev–Trinajstić information content (AvgIpc) is 3.22. The van der Waals surface area contributed by atoms with Crippen molar-refractivity contribution in [1.82, 2.24) is 10.1 Å². The van der Waals surface area contributed by atoms with E-state index >= 15 is 0 Å². The van der Waals surface area contributed by atoms with Crippen LogP contribution in [0.1, 0.15) is 40.7 Å². The third-order valence-electron chi connectivity index (χ3n) is 4.36. The Bertz CT molecular complexity index is 817. The minimum Gasteiger partial charge on any atom is -0.361 e. The average molecular weight is 343 g/mol. The van der Waals surface area contributed by atoms with Crippen LogP contribution in [0.15, 0.2) is 33.7 Å². The van der Waals surface area contributed by atoms with Crippen molar-refractivity contribution in [1.29, 1.82) is 0 Å². The number of nitrogens with zero attached hydrogens (tertiary/aromatic N) is 2. The van der Waals surface area contributed by atoms with Crippen LogP contribution in [0.3, 0.4) is 0 Å². The van der Waals surface area contributed by atoms with Crippen LogP contribution < -0.4 is 5.32 Å². The Balaban J connectivity index is 1.61. The monoisotopic (exact) mass is 343 g/mol. The van der Waals surface area contributed by atoms with Crippen molar-refractivity contribution in [2.75, 3.05) is 17.6 Å². The number of aromatic nitrogens is 1. The fraction of sp³-hybridized carbons (Fsp3) is 0.353. The Kier molecular flexibility index (Phi) is 3.80. The molecule has 1 N–H and O–H groups in total. The highest BCUT2D eigenvalue weighted by molar-refractivity contribution is 8.00. The van der Waals surface area contributed by atoms with E-state index in [1.54, 1.807) is 6.07 Å². The number of carbonyl (C=O) groups excluding carboxylic acids is 2. The quantitative estimate of drug-likeness (QED) is 0.907. The zero-order valence-electron chi connectivity index (χ0n) is 13.2. The Morgan fingerprint density at radius 1 is 1.42 bits per heavy atom. The molecular formula is C17H17N3O3S. The van der Waals surface area contributed by atoms with Gasteiger partial charge in [0.05, 0.1) is 17.5 Å². The van der Waals surface area contributed by atoms with Crippen LogP contribution in [0.25, 0.3) is 0 Å². The van der Waals surface area contributed by atoms with E-state index in [1.807, 2.05) is 30.0 Å². The topological polar surface area (TPSA) is 75.4 Å². The highest BCUT2D eigenvalue weighted by atomic mass is 32.2. The van der Waals surface area contributed by atoms with Gasteiger partial charge >= 0.3 is 0 Å². The summed E-state index contributed by atoms with van der Waals surface area (Å²) in [7, 11) is 0. The largest absolute Gasteiger partial charge is 0.361 e. The molecule has 0 spiro atoms. The number of rotatable bonds is 2. The maximum atomic E-state index is 13.0. The van der Waals surface area contributed by atoms with Crippen LogP contribution in [-0.4, -0.2) is 34.2 Å². The number of anilines is 1. The summed E-state index contributed by atoms with van der Waals surface area (Å²) in [6.07, 6.45) is 1.83. The molecule has 2 aromatic rings. The molecule has 1 aromatic carbocycles. The zero-order chi connectivity index (χ0) is 16.7. The van der Waals surface area contributed by atoms with Gasteiger partial charge in [-0.3, -0.25) is 9.59 Å². The van der Waals surface area contributed by atoms with Gasteiger partial charge in [-0.1, -0.05) is 5.16 Å². The zero-order valence-corrected chi connectivity index (χ0v) is 14.1. The summed E-state index contributed by atoms with van der Waals surface area (Å²) >= 11 is 1.49. The Morgan fingerprint density at radius 2 is 2.29 bits per heavy atom. The minimum absolute atomic E-state index is 0.0331. The second-order valence-corrected chi connectivity index (χ2v) is 7.08. The van der Waals surface area contributed by atoms with Crippen molar-refractivity contribution < 1.29 is 14.1 Å². The van der Waals surface area contributed by atoms with Gasteiger partial charge in [0, 0.05) is 23.1 Å². The number of fused-ring (bicyclic) bond motifs is 1. The molecule has 0 unspecified atom stereocenters. The van der Waals surface area contributed by atoms with Crippen molar-refractivity contribution in [3.63, 3.8) is 0 Å². The second-order valence-electron chi connectivity index (χ2n) is 6.07. The molecule has 124 valence electrons. The van der Waals surface area contributed by atoms with Gasteiger partial charge in [-0.2, -0.15) is 0 Å². The maximum absolute atomic E-state index is 13.0. The molecule has 2 amide bonds. The molecule has 1 saturated heterocycles. The van der Waals surface area contributed by atoms with Crippen LogP contribution >= 0.6 is 11.8 Å². The lowest BCUT2D eigenvalue weighted by Crippen LogP contribution is -2.31. The molecule has 4 rings (SSSR count). The second kappa shape index (κ2) is 5.98. The first-order valence-corrected chi connectivity index (χ1v) is 8.91. The van der Waals surface area contributed by atoms with Gasteiger partial charge in [0.2, 0.25) is 5.91 Å². The third-order valence-corrected chi connectivity index (χ3v) is 5.43. The number of likely N-dealkylation sites (tertiary alicyclic amines) is 1. The summed E-state index contributed by atoms with van der Waals surface area (Å²) < 4.78 is 5.16. The first-order valence-electron chi connectivity index (χ1n) is 7.93. The smallest absolute Gasteiger partial charge is 0.254 e. The van der Waals surface area contributed by atoms with Crippen molar-refractivity contribution >= 4 is 29.3 Å². The van der Waals surface area contributed by atoms with E-state index in [0.717, 1.165) is 34.9 Å². The Morgan fingerprint density at radius 3 is 3.08 bits per heavy atom. The van der Waals surface area contributed by atoms with E-state index < -0.39 is 0 Å². The molecule has 0 radical (unpaired) electrons. The Labute approximate surface area is 143 Å². The maximum Gasteiger partial charge on any atom is 0.254 e. The van der Waals surface area contributed by atoms with Crippen molar-refractivity contribution in [2.24, 2.45) is 0 Å². The van der Waals surface area contributed by atoms with Crippen LogP contribution in [0.2, 0.25) is 0 Å². The van der Waals surface area contributed by atoms with E-state index in [-0.39, 0.29) is 17.9 Å². The van der Waals surface area contributed by atoms with Gasteiger partial charge < -0.3 is 14.7 Å². The highest BCUT2D eigenvalue weighted by Crippen LogP contribution is 2.35. The molecular weight excluding hydrogens is 326 g/mol. The van der Waals surface area contributed by atoms with Crippen molar-refractivity contribution in [2.45, 2.75) is 30.7 Å². The van der Waals surface area contributed by atoms with Crippen molar-refractivity contribution in [3.8, 4) is 0 Å². The van der Waals surface area contributed by atoms with E-state index in [4.69, 9.17) is 4.52 Å². The van der Waals surface area contributed by atoms with E-state index in [1.165, 1.54) is 11.8 Å². The number of hydrogen-bond acceptors (Lipinski definition) is 5. The van der Waals surface area contributed by atoms with Crippen LogP contribution in [0.4, 0.5) is 5.69 Å². The van der Waals surface area contributed by atoms with Gasteiger partial charge in [0.25, 0.3) is 5.91 Å². The number of carbonyl (C=O) groups is 2. The lowest BCUT2D eigenvalue weighted by molar-refractivity contribution is -0.113. The van der Waals surface area contributed by atoms with Gasteiger partial charge in [-0.25, -0.2) is 0 Å². The predicted octanol–water partition coefficient (Wildman–Crippen LogP) is 3.00. The number of nitrogens with one attached hydrogen (secondary N) is 1. The van der Waals surface area contributed by atoms with E-state index in [9.17, 15) is 9.59 Å². The molecule has 24 heavy (non-hydrogen) atoms.